The molecule has 0 spiro atoms. The first kappa shape index (κ1) is 21.2. The second-order valence-electron chi connectivity index (χ2n) is 8.38. The smallest absolute Gasteiger partial charge is 0.244 e. The van der Waals surface area contributed by atoms with Crippen LogP contribution in [0.3, 0.4) is 0 Å². The molecule has 4 aromatic carbocycles. The van der Waals surface area contributed by atoms with Crippen LogP contribution in [-0.4, -0.2) is 10.5 Å². The molecule has 164 valence electrons. The number of nitriles is 1. The fraction of sp³-hybridized carbons (Fsp3) is 0.0667. The third-order valence-electron chi connectivity index (χ3n) is 5.92. The van der Waals surface area contributed by atoms with Gasteiger partial charge in [-0.05, 0) is 59.2 Å². The maximum Gasteiger partial charge on any atom is 0.244 e. The van der Waals surface area contributed by atoms with Crippen molar-refractivity contribution in [3.8, 4) is 6.07 Å². The Balaban J connectivity index is 1.49. The van der Waals surface area contributed by atoms with Gasteiger partial charge in [0.1, 0.15) is 6.54 Å². The lowest BCUT2D eigenvalue weighted by atomic mass is 10.00. The Morgan fingerprint density at radius 3 is 2.56 bits per heavy atom. The van der Waals surface area contributed by atoms with Crippen LogP contribution >= 0.6 is 0 Å². The second-order valence-corrected chi connectivity index (χ2v) is 8.38. The summed E-state index contributed by atoms with van der Waals surface area (Å²) in [5.74, 6) is -0.100. The third kappa shape index (κ3) is 4.32. The molecule has 0 unspecified atom stereocenters. The van der Waals surface area contributed by atoms with Crippen molar-refractivity contribution in [2.45, 2.75) is 13.5 Å². The molecule has 4 nitrogen and oxygen atoms in total. The summed E-state index contributed by atoms with van der Waals surface area (Å²) in [4.78, 5) is 12.8. The molecule has 0 saturated heterocycles. The first-order valence-electron chi connectivity index (χ1n) is 11.2. The van der Waals surface area contributed by atoms with E-state index in [0.29, 0.717) is 5.57 Å². The van der Waals surface area contributed by atoms with E-state index >= 15 is 0 Å². The lowest BCUT2D eigenvalue weighted by molar-refractivity contribution is -0.116. The molecule has 0 saturated carbocycles. The number of hydrogen-bond donors (Lipinski definition) is 1. The maximum absolute atomic E-state index is 12.8. The average molecular weight is 442 g/mol. The number of anilines is 1. The summed E-state index contributed by atoms with van der Waals surface area (Å²) < 4.78 is 1.93. The van der Waals surface area contributed by atoms with Crippen LogP contribution in [0, 0.1) is 18.3 Å². The zero-order valence-electron chi connectivity index (χ0n) is 18.8. The van der Waals surface area contributed by atoms with Crippen LogP contribution in [0.15, 0.2) is 97.2 Å². The van der Waals surface area contributed by atoms with Crippen LogP contribution in [0.2, 0.25) is 0 Å². The predicted molar refractivity (Wildman–Crippen MR) is 139 cm³/mol. The number of para-hydroxylation sites is 1. The lowest BCUT2D eigenvalue weighted by Crippen LogP contribution is -2.18. The third-order valence-corrected chi connectivity index (χ3v) is 5.92. The van der Waals surface area contributed by atoms with E-state index in [1.807, 2.05) is 109 Å². The fourth-order valence-electron chi connectivity index (χ4n) is 4.29. The fourth-order valence-corrected chi connectivity index (χ4v) is 4.29. The Hall–Kier alpha value is -4.62. The minimum atomic E-state index is -0.100. The molecule has 0 fully saturated rings. The van der Waals surface area contributed by atoms with Gasteiger partial charge in [-0.25, -0.2) is 0 Å². The van der Waals surface area contributed by atoms with Crippen molar-refractivity contribution in [1.29, 1.82) is 5.26 Å². The van der Waals surface area contributed by atoms with Crippen LogP contribution in [-0.2, 0) is 11.3 Å². The van der Waals surface area contributed by atoms with E-state index in [4.69, 9.17) is 0 Å². The quantitative estimate of drug-likeness (QED) is 0.305. The highest BCUT2D eigenvalue weighted by molar-refractivity contribution is 6.00. The van der Waals surface area contributed by atoms with Crippen molar-refractivity contribution in [3.05, 3.63) is 114 Å². The number of allylic oxidation sites excluding steroid dienone is 1. The summed E-state index contributed by atoms with van der Waals surface area (Å²) in [5.41, 5.74) is 5.18. The lowest BCUT2D eigenvalue weighted by Gasteiger charge is -2.08. The summed E-state index contributed by atoms with van der Waals surface area (Å²) >= 11 is 0. The van der Waals surface area contributed by atoms with Gasteiger partial charge in [0.15, 0.2) is 0 Å². The molecule has 34 heavy (non-hydrogen) atoms. The summed E-state index contributed by atoms with van der Waals surface area (Å²) in [5, 5.41) is 16.1. The Kier molecular flexibility index (Phi) is 5.68. The normalized spacial score (nSPS) is 11.5. The molecule has 0 bridgehead atoms. The van der Waals surface area contributed by atoms with Crippen molar-refractivity contribution < 1.29 is 4.79 Å². The number of nitrogens with zero attached hydrogens (tertiary/aromatic N) is 2. The van der Waals surface area contributed by atoms with E-state index in [-0.39, 0.29) is 12.5 Å². The molecular weight excluding hydrogens is 418 g/mol. The molecule has 1 aromatic heterocycles. The molecule has 5 aromatic rings. The Morgan fingerprint density at radius 2 is 1.74 bits per heavy atom. The average Bonchev–Trinajstić information content (AvgIpc) is 3.19. The number of rotatable bonds is 5. The highest BCUT2D eigenvalue weighted by Crippen LogP contribution is 2.28. The number of carbonyl (C=O) groups excluding carboxylic acids is 1. The van der Waals surface area contributed by atoms with Crippen LogP contribution < -0.4 is 5.32 Å². The van der Waals surface area contributed by atoms with Crippen molar-refractivity contribution in [2.75, 3.05) is 5.32 Å². The van der Waals surface area contributed by atoms with Crippen LogP contribution in [0.1, 0.15) is 16.7 Å². The van der Waals surface area contributed by atoms with Gasteiger partial charge >= 0.3 is 0 Å². The number of amides is 1. The topological polar surface area (TPSA) is 57.8 Å². The van der Waals surface area contributed by atoms with E-state index in [0.717, 1.165) is 44.1 Å². The van der Waals surface area contributed by atoms with Crippen molar-refractivity contribution in [2.24, 2.45) is 0 Å². The van der Waals surface area contributed by atoms with Crippen molar-refractivity contribution in [3.63, 3.8) is 0 Å². The highest BCUT2D eigenvalue weighted by atomic mass is 16.1. The van der Waals surface area contributed by atoms with Crippen LogP contribution in [0.25, 0.3) is 33.3 Å². The summed E-state index contributed by atoms with van der Waals surface area (Å²) in [6.07, 6.45) is 3.85. The van der Waals surface area contributed by atoms with Gasteiger partial charge in [0.05, 0.1) is 11.6 Å². The highest BCUT2D eigenvalue weighted by Gasteiger charge is 2.12. The minimum absolute atomic E-state index is 0.100. The Bertz CT molecular complexity index is 1600. The minimum Gasteiger partial charge on any atom is -0.337 e. The molecule has 0 atom stereocenters. The monoisotopic (exact) mass is 441 g/mol. The number of benzene rings is 4. The van der Waals surface area contributed by atoms with Crippen molar-refractivity contribution in [1.82, 2.24) is 4.57 Å². The summed E-state index contributed by atoms with van der Waals surface area (Å²) in [7, 11) is 0. The van der Waals surface area contributed by atoms with Gasteiger partial charge in [-0.1, -0.05) is 66.7 Å². The number of nitrogens with one attached hydrogen (secondary N) is 1. The zero-order valence-corrected chi connectivity index (χ0v) is 18.8. The maximum atomic E-state index is 12.8. The molecule has 0 aliphatic heterocycles. The van der Waals surface area contributed by atoms with Crippen molar-refractivity contribution >= 4 is 44.9 Å². The van der Waals surface area contributed by atoms with Gasteiger partial charge in [0, 0.05) is 28.4 Å². The van der Waals surface area contributed by atoms with Gasteiger partial charge in [0.25, 0.3) is 0 Å². The van der Waals surface area contributed by atoms with Gasteiger partial charge in [-0.3, -0.25) is 4.79 Å². The molecule has 1 amide bonds. The van der Waals surface area contributed by atoms with E-state index in [1.54, 1.807) is 0 Å². The molecule has 0 aliphatic carbocycles. The molecule has 1 heterocycles. The molecule has 4 heteroatoms. The van der Waals surface area contributed by atoms with E-state index in [9.17, 15) is 10.1 Å². The number of aromatic nitrogens is 1. The molecular formula is C30H23N3O. The number of carbonyl (C=O) groups is 1. The number of hydrogen-bond acceptors (Lipinski definition) is 2. The largest absolute Gasteiger partial charge is 0.337 e. The van der Waals surface area contributed by atoms with E-state index in [2.05, 4.69) is 17.5 Å². The van der Waals surface area contributed by atoms with Gasteiger partial charge < -0.3 is 9.88 Å². The summed E-state index contributed by atoms with van der Waals surface area (Å²) in [6.45, 7) is 2.18. The number of aryl methyl sites for hydroxylation is 1. The molecule has 1 N–H and O–H groups in total. The first-order chi connectivity index (χ1) is 16.6. The van der Waals surface area contributed by atoms with Crippen LogP contribution in [0.4, 0.5) is 5.69 Å². The molecule has 5 rings (SSSR count). The standard InChI is InChI=1S/C30H23N3O/c1-21-7-6-10-27(15-21)32-30(34)20-33-19-26(28-11-4-5-12-29(28)33)17-25(18-31)24-14-13-22-8-2-3-9-23(22)16-24/h2-17,19H,20H2,1H3,(H,32,34). The molecule has 0 aliphatic rings. The zero-order chi connectivity index (χ0) is 23.5. The van der Waals surface area contributed by atoms with Gasteiger partial charge in [0.2, 0.25) is 5.91 Å². The Morgan fingerprint density at radius 1 is 0.941 bits per heavy atom. The SMILES string of the molecule is Cc1cccc(NC(=O)Cn2cc(C=C(C#N)c3ccc4ccccc4c3)c3ccccc32)c1. The number of fused-ring (bicyclic) bond motifs is 2. The predicted octanol–water partition coefficient (Wildman–Crippen LogP) is 6.81. The first-order valence-corrected chi connectivity index (χ1v) is 11.2. The van der Waals surface area contributed by atoms with E-state index in [1.165, 1.54) is 0 Å². The van der Waals surface area contributed by atoms with E-state index < -0.39 is 0 Å². The molecule has 0 radical (unpaired) electrons. The van der Waals surface area contributed by atoms with Gasteiger partial charge in [-0.2, -0.15) is 5.26 Å². The van der Waals surface area contributed by atoms with Gasteiger partial charge in [-0.15, -0.1) is 0 Å². The van der Waals surface area contributed by atoms with Crippen LogP contribution in [0.5, 0.6) is 0 Å². The summed E-state index contributed by atoms with van der Waals surface area (Å²) in [6, 6.07) is 32.2. The Labute approximate surface area is 198 Å². The second kappa shape index (κ2) is 9.09.